The van der Waals surface area contributed by atoms with Gasteiger partial charge in [0, 0.05) is 10.7 Å². The van der Waals surface area contributed by atoms with Crippen molar-refractivity contribution in [2.24, 2.45) is 66.6 Å². The average Bonchev–Trinajstić information content (AvgIpc) is 1.52. The van der Waals surface area contributed by atoms with Gasteiger partial charge in [-0.05, 0) is 80.7 Å². The number of nitrogens with two attached hydrogens (primary N) is 9. The van der Waals surface area contributed by atoms with E-state index in [0.29, 0.717) is 0 Å². The minimum absolute atomic E-state index is 0.00822. The molecular formula is C71H131Br2N21O36. The van der Waals surface area contributed by atoms with E-state index in [9.17, 15) is 122 Å². The fraction of sp³-hybridized carbons (Fsp3) is 0.873. The van der Waals surface area contributed by atoms with Gasteiger partial charge < -0.3 is 237 Å². The van der Waals surface area contributed by atoms with E-state index in [1.54, 1.807) is 0 Å². The number of nitrogens with one attached hydrogen (secondary N) is 7. The van der Waals surface area contributed by atoms with Crippen LogP contribution in [0.1, 0.15) is 46.5 Å². The van der Waals surface area contributed by atoms with E-state index in [4.69, 9.17) is 125 Å². The van der Waals surface area contributed by atoms with Crippen molar-refractivity contribution in [2.75, 3.05) is 64.7 Å². The molecule has 0 aromatic heterocycles. The predicted molar refractivity (Wildman–Crippen MR) is 450 cm³/mol. The molecule has 130 heavy (non-hydrogen) atoms. The number of carbonyl (C=O) groups is 3. The van der Waals surface area contributed by atoms with Gasteiger partial charge in [0.15, 0.2) is 109 Å². The van der Waals surface area contributed by atoms with Gasteiger partial charge >= 0.3 is 0 Å². The molecule has 9 rings (SSSR count). The van der Waals surface area contributed by atoms with Crippen molar-refractivity contribution in [3.8, 4) is 0 Å². The number of aliphatic imine (C=N–C) groups is 3. The van der Waals surface area contributed by atoms with Crippen molar-refractivity contribution < 1.29 is 178 Å². The van der Waals surface area contributed by atoms with Gasteiger partial charge in [-0.25, -0.2) is 15.0 Å². The van der Waals surface area contributed by atoms with Crippen molar-refractivity contribution in [3.63, 3.8) is 0 Å². The summed E-state index contributed by atoms with van der Waals surface area (Å²) in [5.41, 5.74) is 41.7. The van der Waals surface area contributed by atoms with Crippen LogP contribution in [0.5, 0.6) is 0 Å². The van der Waals surface area contributed by atoms with E-state index in [1.807, 2.05) is 0 Å². The Morgan fingerprint density at radius 2 is 0.638 bits per heavy atom. The number of alkyl halides is 2. The molecule has 0 aromatic carbocycles. The lowest BCUT2D eigenvalue weighted by Gasteiger charge is -2.48. The molecule has 0 aromatic rings. The first-order chi connectivity index (χ1) is 60.9. The highest BCUT2D eigenvalue weighted by molar-refractivity contribution is 9.09. The van der Waals surface area contributed by atoms with Crippen LogP contribution in [-0.4, -0.2) is 510 Å². The Bertz CT molecular complexity index is 3560. The summed E-state index contributed by atoms with van der Waals surface area (Å²) < 4.78 is 71.1. The van der Waals surface area contributed by atoms with Crippen LogP contribution in [0.3, 0.4) is 0 Å². The summed E-state index contributed by atoms with van der Waals surface area (Å²) >= 11 is 6.66. The smallest absolute Gasteiger partial charge is 0.188 e. The van der Waals surface area contributed by atoms with Crippen LogP contribution in [0.25, 0.3) is 0 Å². The maximum atomic E-state index is 12.8. The zero-order chi connectivity index (χ0) is 97.7. The van der Waals surface area contributed by atoms with Gasteiger partial charge in [0.2, 0.25) is 0 Å². The molecule has 46 N–H and O–H groups in total. The number of hydrogen-bond acceptors (Lipinski definition) is 45. The van der Waals surface area contributed by atoms with E-state index >= 15 is 0 Å². The SMILES string of the molecule is BrCCCCBr.CNC1[C@H](OC2[C@H](O[C@@H]3C(O)[C@@H](O)C(N=C(N)N)C(O)[C@@H]3NC(=N)N)O[C@@H](C)[C@@]2(O)C=O)OC(CO)[C@H](O)[C@@H]1O.C[C@@H]1O[C@@H](O[C@@H]2C(O)[C@@H](O)C(N=C(N)N)C(O)[C@@H]2NC(=N)N)C(O[C@@H]2OC(CO)[C@H](O)[C@H](O)C2N(C)CCCCN(C)C2[C@H](OC3[C@H](O[C@@H]4C(O)[C@@H](O)C(N=C(N)N)C(O)[C@@H]4NC(=N)N)O[C@@H](C)[C@@]3(O)C=O)OC(CO)[C@H](O)[C@@H]2O)[C@]1(O)C=O. The zero-order valence-corrected chi connectivity index (χ0v) is 74.6. The number of likely N-dealkylation sites (N-methyl/N-ethyl adjacent to an activating group) is 3. The highest BCUT2D eigenvalue weighted by Crippen LogP contribution is 2.44. The Morgan fingerprint density at radius 3 is 0.877 bits per heavy atom. The minimum atomic E-state index is -2.61. The number of halogens is 2. The Hall–Kier alpha value is -5.85. The minimum Gasteiger partial charge on any atom is -0.394 e. The molecule has 6 heterocycles. The van der Waals surface area contributed by atoms with Crippen molar-refractivity contribution >= 4 is 86.5 Å². The van der Waals surface area contributed by atoms with E-state index in [-0.39, 0.29) is 44.8 Å². The molecule has 0 amide bonds. The standard InChI is InChI=1S/C46H84N14O24.C21H39N7O12.C4H8Br2/c1-13-45(75,11-63)35(39(77-13)81-33-19(57-43(51)52)25(67)17(55-41(47)48)27(69)31(33)73)83-37-21(29(71)23(65)15(9-61)79-37)59(3)7-5-6-8-60(4)22-30(72)24(66)16(10-62)80-38(22)84-36-40(78-14(2)46(36,76)12-64)82-34-20(58-44(53)54)26(68)18(56-42(49)50)28(70)32(34)74;1-5-21(36,4-30)16(40-17-9(26-2)13(34)10(31)6(3-29)38-17)18(37-5)39-15-8(28-20(24)25)11(32)7(27-19(22)23)12(33)14(15)35;5-3-1-2-4-6/h11-40,61-62,65-76H,5-10H2,1-4H3,(H4,47,48,55)(H4,49,50,56)(H4,51,52,57)(H4,53,54,58);4-18,26,29,31-36H,3H2,1-2H3,(H4,22,23,27)(H4,24,25,28);1-4H2/t13-,14-,15?,16?,17?,18?,19-,20-,21?,22?,23-,24-,25?,26?,27-,28-,29+,30+,31?,32?,33-,34-,35?,36?,37-,38-,39-,40-,45-,46-;5-,6?,7?,8-,9?,10-,11?,12-,13+,14?,15-,16?,17-,18-,21-;/m00./s1. The number of hydrogen-bond donors (Lipinski definition) is 37. The third-order valence-corrected chi connectivity index (χ3v) is 25.4. The lowest BCUT2D eigenvalue weighted by molar-refractivity contribution is -0.325. The van der Waals surface area contributed by atoms with Gasteiger partial charge in [-0.2, -0.15) is 0 Å². The largest absolute Gasteiger partial charge is 0.394 e. The Balaban J connectivity index is 0.000000415. The summed E-state index contributed by atoms with van der Waals surface area (Å²) in [5.74, 6) is -3.81. The van der Waals surface area contributed by atoms with E-state index in [0.717, 1.165) is 10.7 Å². The normalized spacial score (nSPS) is 44.8. The summed E-state index contributed by atoms with van der Waals surface area (Å²) in [7, 11) is 4.37. The van der Waals surface area contributed by atoms with Gasteiger partial charge in [-0.1, -0.05) is 31.9 Å². The molecule has 6 saturated heterocycles. The molecule has 59 heteroatoms. The van der Waals surface area contributed by atoms with Gasteiger partial charge in [-0.15, -0.1) is 0 Å². The number of aldehydes is 3. The van der Waals surface area contributed by atoms with E-state index in [2.05, 4.69) is 68.1 Å². The molecule has 0 bridgehead atoms. The van der Waals surface area contributed by atoms with Crippen LogP contribution < -0.4 is 72.9 Å². The van der Waals surface area contributed by atoms with Crippen molar-refractivity contribution in [1.82, 2.24) is 31.1 Å². The maximum absolute atomic E-state index is 12.8. The fourth-order valence-corrected chi connectivity index (χ4v) is 17.7. The first-order valence-electron chi connectivity index (χ1n) is 41.2. The first kappa shape index (κ1) is 111. The first-order valence-corrected chi connectivity index (χ1v) is 43.4. The maximum Gasteiger partial charge on any atom is 0.188 e. The number of nitrogens with zero attached hydrogens (tertiary/aromatic N) is 5. The Labute approximate surface area is 760 Å². The molecule has 57 nitrogen and oxygen atoms in total. The Morgan fingerprint density at radius 1 is 0.377 bits per heavy atom. The lowest BCUT2D eigenvalue weighted by Crippen LogP contribution is -2.70. The highest BCUT2D eigenvalue weighted by atomic mass is 79.9. The molecule has 0 spiro atoms. The quantitative estimate of drug-likeness (QED) is 0.00921. The van der Waals surface area contributed by atoms with Gasteiger partial charge in [0.25, 0.3) is 0 Å². The summed E-state index contributed by atoms with van der Waals surface area (Å²) in [6, 6.07) is -13.2. The second kappa shape index (κ2) is 48.2. The molecule has 750 valence electrons. The van der Waals surface area contributed by atoms with Gasteiger partial charge in [-0.3, -0.25) is 40.4 Å². The van der Waals surface area contributed by atoms with Crippen LogP contribution in [0.15, 0.2) is 15.0 Å². The molecule has 45 atom stereocenters. The fourth-order valence-electron chi connectivity index (χ4n) is 16.9. The van der Waals surface area contributed by atoms with Crippen LogP contribution in [-0.2, 0) is 71.2 Å². The van der Waals surface area contributed by atoms with Crippen LogP contribution in [0.2, 0.25) is 0 Å². The summed E-state index contributed by atoms with van der Waals surface area (Å²) in [6.45, 7) is 1.39. The van der Waals surface area contributed by atoms with E-state index < -0.39 is 329 Å². The summed E-state index contributed by atoms with van der Waals surface area (Å²) in [6.07, 6.45) is -53.6. The Kier molecular flexibility index (Phi) is 41.3. The molecule has 6 aliphatic heterocycles. The molecule has 9 aliphatic rings. The number of rotatable bonds is 35. The van der Waals surface area contributed by atoms with E-state index in [1.165, 1.54) is 64.6 Å². The van der Waals surface area contributed by atoms with Gasteiger partial charge in [0.05, 0.1) is 74.4 Å². The third kappa shape index (κ3) is 24.7. The number of unbranched alkanes of at least 4 members (excludes halogenated alkanes) is 2. The second-order valence-corrected chi connectivity index (χ2v) is 34.5. The predicted octanol–water partition coefficient (Wildman–Crippen LogP) is -20.1. The number of aliphatic hydroxyl groups excluding tert-OH is 18. The molecule has 0 radical (unpaired) electrons. The lowest BCUT2D eigenvalue weighted by atomic mass is 9.81. The number of carbonyl (C=O) groups excluding carboxylic acids is 3. The van der Waals surface area contributed by atoms with Crippen LogP contribution >= 0.6 is 31.9 Å². The topological polar surface area (TPSA) is 984 Å². The molecule has 3 saturated carbocycles. The second-order valence-electron chi connectivity index (χ2n) is 32.9. The summed E-state index contributed by atoms with van der Waals surface area (Å²) in [5, 5.41) is 266. The number of guanidine groups is 6. The van der Waals surface area contributed by atoms with Crippen LogP contribution in [0.4, 0.5) is 0 Å². The number of aliphatic hydroxyl groups is 21. The average molecular weight is 2010 g/mol. The molecule has 18 unspecified atom stereocenters. The van der Waals surface area contributed by atoms with Crippen molar-refractivity contribution in [2.45, 2.75) is 320 Å². The molecular weight excluding hydrogens is 1880 g/mol. The van der Waals surface area contributed by atoms with Gasteiger partial charge in [0.1, 0.15) is 165 Å². The number of ether oxygens (including phenoxy) is 12. The molecule has 3 aliphatic carbocycles. The van der Waals surface area contributed by atoms with Crippen LogP contribution in [0, 0.1) is 16.2 Å². The monoisotopic (exact) mass is 2010 g/mol. The van der Waals surface area contributed by atoms with Crippen molar-refractivity contribution in [3.05, 3.63) is 0 Å². The summed E-state index contributed by atoms with van der Waals surface area (Å²) in [4.78, 5) is 51.8. The molecule has 9 fully saturated rings. The zero-order valence-electron chi connectivity index (χ0n) is 71.5. The third-order valence-electron chi connectivity index (χ3n) is 24.3. The highest BCUT2D eigenvalue weighted by Gasteiger charge is 2.66. The van der Waals surface area contributed by atoms with Crippen molar-refractivity contribution in [1.29, 1.82) is 16.2 Å².